The average molecular weight is 184 g/mol. The molecular weight excluding hydrogens is 164 g/mol. The topological polar surface area (TPSA) is 41.1 Å². The third-order valence-corrected chi connectivity index (χ3v) is 2.54. The molecule has 0 aromatic rings. The summed E-state index contributed by atoms with van der Waals surface area (Å²) < 4.78 is 0. The molecule has 2 N–H and O–H groups in total. The predicted molar refractivity (Wildman–Crippen MR) is 53.5 cm³/mol. The Balaban J connectivity index is 2.18. The Kier molecular flexibility index (Phi) is 4.22. The first-order valence-electron chi connectivity index (χ1n) is 5.16. The molecule has 76 valence electrons. The van der Waals surface area contributed by atoms with Crippen LogP contribution in [0.4, 0.5) is 0 Å². The van der Waals surface area contributed by atoms with Gasteiger partial charge in [-0.25, -0.2) is 0 Å². The molecule has 1 heterocycles. The first kappa shape index (κ1) is 10.5. The highest BCUT2D eigenvalue weighted by Gasteiger charge is 2.16. The van der Waals surface area contributed by atoms with E-state index in [4.69, 9.17) is 0 Å². The van der Waals surface area contributed by atoms with Crippen molar-refractivity contribution in [1.82, 2.24) is 10.6 Å². The van der Waals surface area contributed by atoms with Crippen LogP contribution in [0.25, 0.3) is 0 Å². The lowest BCUT2D eigenvalue weighted by atomic mass is 9.93. The lowest BCUT2D eigenvalue weighted by Gasteiger charge is -2.25. The maximum atomic E-state index is 10.8. The van der Waals surface area contributed by atoms with E-state index in [1.807, 2.05) is 0 Å². The van der Waals surface area contributed by atoms with Crippen molar-refractivity contribution >= 4 is 5.91 Å². The van der Waals surface area contributed by atoms with E-state index in [9.17, 15) is 4.79 Å². The van der Waals surface area contributed by atoms with Gasteiger partial charge < -0.3 is 10.6 Å². The Morgan fingerprint density at radius 1 is 1.69 bits per heavy atom. The first-order valence-corrected chi connectivity index (χ1v) is 5.16. The lowest BCUT2D eigenvalue weighted by Crippen LogP contribution is -2.37. The largest absolute Gasteiger partial charge is 0.354 e. The van der Waals surface area contributed by atoms with Crippen LogP contribution in [0.1, 0.15) is 33.1 Å². The van der Waals surface area contributed by atoms with E-state index in [0.29, 0.717) is 6.04 Å². The number of hydrogen-bond donors (Lipinski definition) is 2. The van der Waals surface area contributed by atoms with Gasteiger partial charge in [-0.3, -0.25) is 4.79 Å². The first-order chi connectivity index (χ1) is 6.18. The van der Waals surface area contributed by atoms with Gasteiger partial charge in [-0.15, -0.1) is 0 Å². The van der Waals surface area contributed by atoms with Crippen molar-refractivity contribution in [1.29, 1.82) is 0 Å². The molecule has 0 radical (unpaired) electrons. The lowest BCUT2D eigenvalue weighted by molar-refractivity contribution is -0.119. The number of rotatable bonds is 3. The maximum absolute atomic E-state index is 10.8. The molecule has 0 aromatic carbocycles. The summed E-state index contributed by atoms with van der Waals surface area (Å²) >= 11 is 0. The van der Waals surface area contributed by atoms with Crippen LogP contribution in [0, 0.1) is 5.92 Å². The van der Waals surface area contributed by atoms with Gasteiger partial charge in [-0.05, 0) is 45.2 Å². The molecule has 0 saturated carbocycles. The second-order valence-electron chi connectivity index (χ2n) is 4.05. The minimum absolute atomic E-state index is 0.0799. The van der Waals surface area contributed by atoms with Gasteiger partial charge >= 0.3 is 0 Å². The fourth-order valence-electron chi connectivity index (χ4n) is 2.03. The van der Waals surface area contributed by atoms with Gasteiger partial charge in [0.25, 0.3) is 0 Å². The average Bonchev–Trinajstić information content (AvgIpc) is 2.04. The molecule has 3 heteroatoms. The second kappa shape index (κ2) is 5.22. The Labute approximate surface area is 80.3 Å². The molecule has 1 fully saturated rings. The van der Waals surface area contributed by atoms with Crippen LogP contribution in [-0.4, -0.2) is 25.0 Å². The highest BCUT2D eigenvalue weighted by atomic mass is 16.1. The molecule has 0 bridgehead atoms. The summed E-state index contributed by atoms with van der Waals surface area (Å²) in [6.07, 6.45) is 3.68. The summed E-state index contributed by atoms with van der Waals surface area (Å²) in [5.74, 6) is 0.826. The van der Waals surface area contributed by atoms with E-state index in [1.54, 1.807) is 6.92 Å². The molecule has 0 aromatic heterocycles. The SMILES string of the molecule is CC(=O)N[C@@H](C)CC1CCCNC1. The van der Waals surface area contributed by atoms with E-state index < -0.39 is 0 Å². The fourth-order valence-corrected chi connectivity index (χ4v) is 2.03. The van der Waals surface area contributed by atoms with E-state index in [-0.39, 0.29) is 5.91 Å². The zero-order valence-electron chi connectivity index (χ0n) is 8.60. The molecule has 3 nitrogen and oxygen atoms in total. The van der Waals surface area contributed by atoms with Crippen molar-refractivity contribution in [2.75, 3.05) is 13.1 Å². The molecule has 1 amide bonds. The second-order valence-corrected chi connectivity index (χ2v) is 4.05. The van der Waals surface area contributed by atoms with E-state index in [1.165, 1.54) is 12.8 Å². The van der Waals surface area contributed by atoms with Gasteiger partial charge in [-0.2, -0.15) is 0 Å². The van der Waals surface area contributed by atoms with Gasteiger partial charge in [0, 0.05) is 13.0 Å². The Morgan fingerprint density at radius 2 is 2.46 bits per heavy atom. The molecule has 1 aliphatic rings. The Hall–Kier alpha value is -0.570. The molecule has 1 aliphatic heterocycles. The Morgan fingerprint density at radius 3 is 3.00 bits per heavy atom. The quantitative estimate of drug-likeness (QED) is 0.684. The summed E-state index contributed by atoms with van der Waals surface area (Å²) in [6, 6.07) is 0.322. The number of hydrogen-bond acceptors (Lipinski definition) is 2. The summed E-state index contributed by atoms with van der Waals surface area (Å²) in [6.45, 7) is 5.93. The van der Waals surface area contributed by atoms with Crippen LogP contribution in [-0.2, 0) is 4.79 Å². The van der Waals surface area contributed by atoms with Crippen LogP contribution in [0.15, 0.2) is 0 Å². The summed E-state index contributed by atoms with van der Waals surface area (Å²) in [4.78, 5) is 10.8. The zero-order valence-corrected chi connectivity index (χ0v) is 8.60. The van der Waals surface area contributed by atoms with Gasteiger partial charge in [0.1, 0.15) is 0 Å². The third-order valence-electron chi connectivity index (χ3n) is 2.54. The molecule has 1 saturated heterocycles. The normalized spacial score (nSPS) is 25.2. The zero-order chi connectivity index (χ0) is 9.68. The van der Waals surface area contributed by atoms with Crippen LogP contribution >= 0.6 is 0 Å². The highest BCUT2D eigenvalue weighted by molar-refractivity contribution is 5.73. The molecule has 2 atom stereocenters. The van der Waals surface area contributed by atoms with E-state index in [2.05, 4.69) is 17.6 Å². The van der Waals surface area contributed by atoms with Crippen LogP contribution in [0.5, 0.6) is 0 Å². The number of carbonyl (C=O) groups is 1. The molecule has 0 spiro atoms. The summed E-state index contributed by atoms with van der Waals surface area (Å²) in [7, 11) is 0. The number of carbonyl (C=O) groups excluding carboxylic acids is 1. The number of piperidine rings is 1. The van der Waals surface area contributed by atoms with Crippen LogP contribution < -0.4 is 10.6 Å². The van der Waals surface area contributed by atoms with E-state index in [0.717, 1.165) is 25.4 Å². The van der Waals surface area contributed by atoms with Crippen molar-refractivity contribution in [3.05, 3.63) is 0 Å². The third kappa shape index (κ3) is 4.27. The van der Waals surface area contributed by atoms with Crippen molar-refractivity contribution in [3.8, 4) is 0 Å². The van der Waals surface area contributed by atoms with Gasteiger partial charge in [-0.1, -0.05) is 0 Å². The molecule has 0 aliphatic carbocycles. The Bertz CT molecular complexity index is 164. The van der Waals surface area contributed by atoms with Crippen LogP contribution in [0.3, 0.4) is 0 Å². The van der Waals surface area contributed by atoms with Crippen LogP contribution in [0.2, 0.25) is 0 Å². The van der Waals surface area contributed by atoms with Crippen molar-refractivity contribution in [3.63, 3.8) is 0 Å². The standard InChI is InChI=1S/C10H20N2O/c1-8(12-9(2)13)6-10-4-3-5-11-7-10/h8,10-11H,3-7H2,1-2H3,(H,12,13)/t8-,10?/m0/s1. The van der Waals surface area contributed by atoms with Crippen molar-refractivity contribution in [2.24, 2.45) is 5.92 Å². The fraction of sp³-hybridized carbons (Fsp3) is 0.900. The van der Waals surface area contributed by atoms with Gasteiger partial charge in [0.2, 0.25) is 5.91 Å². The minimum Gasteiger partial charge on any atom is -0.354 e. The van der Waals surface area contributed by atoms with E-state index >= 15 is 0 Å². The number of nitrogens with one attached hydrogen (secondary N) is 2. The number of amides is 1. The van der Waals surface area contributed by atoms with Crippen molar-refractivity contribution < 1.29 is 4.79 Å². The predicted octanol–water partition coefficient (Wildman–Crippen LogP) is 0.901. The van der Waals surface area contributed by atoms with Crippen molar-refractivity contribution in [2.45, 2.75) is 39.2 Å². The highest BCUT2D eigenvalue weighted by Crippen LogP contribution is 2.15. The molecule has 1 unspecified atom stereocenters. The summed E-state index contributed by atoms with van der Waals surface area (Å²) in [5, 5.41) is 6.30. The maximum Gasteiger partial charge on any atom is 0.217 e. The monoisotopic (exact) mass is 184 g/mol. The smallest absolute Gasteiger partial charge is 0.217 e. The molecule has 1 rings (SSSR count). The molecular formula is C10H20N2O. The molecule has 13 heavy (non-hydrogen) atoms. The van der Waals surface area contributed by atoms with Gasteiger partial charge in [0.15, 0.2) is 0 Å². The summed E-state index contributed by atoms with van der Waals surface area (Å²) in [5.41, 5.74) is 0. The minimum atomic E-state index is 0.0799. The van der Waals surface area contributed by atoms with Gasteiger partial charge in [0.05, 0.1) is 0 Å².